The maximum absolute atomic E-state index is 12.0. The van der Waals surface area contributed by atoms with E-state index in [-0.39, 0.29) is 12.1 Å². The minimum absolute atomic E-state index is 0.0510. The third-order valence-corrected chi connectivity index (χ3v) is 3.58. The van der Waals surface area contributed by atoms with Crippen molar-refractivity contribution in [1.82, 2.24) is 4.90 Å². The van der Waals surface area contributed by atoms with Crippen LogP contribution in [0.3, 0.4) is 0 Å². The molecule has 0 saturated carbocycles. The van der Waals surface area contributed by atoms with Crippen molar-refractivity contribution in [3.8, 4) is 5.75 Å². The molecule has 1 aliphatic rings. The van der Waals surface area contributed by atoms with Gasteiger partial charge in [-0.15, -0.1) is 0 Å². The molecule has 2 rings (SSSR count). The Morgan fingerprint density at radius 1 is 1.43 bits per heavy atom. The molecule has 1 aromatic rings. The summed E-state index contributed by atoms with van der Waals surface area (Å²) in [5.74, 6) is 0.770. The van der Waals surface area contributed by atoms with Crippen LogP contribution in [0.15, 0.2) is 24.3 Å². The van der Waals surface area contributed by atoms with E-state index in [9.17, 15) is 4.79 Å². The number of rotatable bonds is 4. The molecule has 0 aromatic heterocycles. The lowest BCUT2D eigenvalue weighted by Gasteiger charge is -2.28. The first-order chi connectivity index (χ1) is 10.8. The van der Waals surface area contributed by atoms with Crippen molar-refractivity contribution in [2.75, 3.05) is 7.05 Å². The molecule has 23 heavy (non-hydrogen) atoms. The van der Waals surface area contributed by atoms with E-state index in [1.165, 1.54) is 0 Å². The van der Waals surface area contributed by atoms with Crippen molar-refractivity contribution in [2.24, 2.45) is 0 Å². The zero-order valence-corrected chi connectivity index (χ0v) is 14.5. The second-order valence-electron chi connectivity index (χ2n) is 6.79. The quantitative estimate of drug-likeness (QED) is 0.782. The second-order valence-corrected chi connectivity index (χ2v) is 6.79. The third kappa shape index (κ3) is 4.99. The molecule has 1 unspecified atom stereocenters. The maximum atomic E-state index is 12.0. The summed E-state index contributed by atoms with van der Waals surface area (Å²) in [6.45, 7) is 8.08. The van der Waals surface area contributed by atoms with Gasteiger partial charge in [-0.05, 0) is 45.7 Å². The molecule has 0 saturated heterocycles. The Kier molecular flexibility index (Phi) is 5.31. The van der Waals surface area contributed by atoms with Gasteiger partial charge in [0.25, 0.3) is 0 Å². The Balaban J connectivity index is 1.88. The van der Waals surface area contributed by atoms with Gasteiger partial charge in [0.1, 0.15) is 12.2 Å². The first-order valence-electron chi connectivity index (χ1n) is 7.81. The summed E-state index contributed by atoms with van der Waals surface area (Å²) < 4.78 is 5.37. The van der Waals surface area contributed by atoms with Crippen molar-refractivity contribution >= 4 is 12.2 Å². The summed E-state index contributed by atoms with van der Waals surface area (Å²) in [4.78, 5) is 23.6. The Bertz CT molecular complexity index is 589. The Morgan fingerprint density at radius 2 is 2.17 bits per heavy atom. The summed E-state index contributed by atoms with van der Waals surface area (Å²) in [7, 11) is 1.76. The van der Waals surface area contributed by atoms with E-state index >= 15 is 0 Å². The van der Waals surface area contributed by atoms with Crippen LogP contribution >= 0.6 is 0 Å². The van der Waals surface area contributed by atoms with Crippen molar-refractivity contribution in [3.05, 3.63) is 35.4 Å². The number of amides is 1. The topological polar surface area (TPSA) is 48.0 Å². The van der Waals surface area contributed by atoms with Crippen LogP contribution in [0.5, 0.6) is 5.75 Å². The van der Waals surface area contributed by atoms with Crippen molar-refractivity contribution in [3.63, 3.8) is 0 Å². The summed E-state index contributed by atoms with van der Waals surface area (Å²) in [6, 6.07) is 6.02. The molecule has 0 fully saturated rings. The SMILES string of the molecule is CC(C/C=C/c1ccc2c(c1)OOC2)N(C)C(=O)OC(C)(C)C. The molecular weight excluding hydrogens is 294 g/mol. The van der Waals surface area contributed by atoms with Crippen molar-refractivity contribution in [1.29, 1.82) is 0 Å². The van der Waals surface area contributed by atoms with Gasteiger partial charge in [0, 0.05) is 18.7 Å². The first-order valence-corrected chi connectivity index (χ1v) is 7.81. The Morgan fingerprint density at radius 3 is 2.87 bits per heavy atom. The Hall–Kier alpha value is -2.01. The van der Waals surface area contributed by atoms with E-state index in [4.69, 9.17) is 14.5 Å². The van der Waals surface area contributed by atoms with Gasteiger partial charge in [-0.1, -0.05) is 24.3 Å². The number of hydrogen-bond donors (Lipinski definition) is 0. The molecular formula is C18H25NO4. The number of fused-ring (bicyclic) bond motifs is 1. The van der Waals surface area contributed by atoms with Gasteiger partial charge >= 0.3 is 6.09 Å². The van der Waals surface area contributed by atoms with Gasteiger partial charge in [0.05, 0.1) is 0 Å². The van der Waals surface area contributed by atoms with E-state index in [0.717, 1.165) is 23.3 Å². The smallest absolute Gasteiger partial charge is 0.410 e. The van der Waals surface area contributed by atoms with Crippen molar-refractivity contribution < 1.29 is 19.3 Å². The lowest BCUT2D eigenvalue weighted by atomic mass is 10.1. The average molecular weight is 319 g/mol. The molecule has 5 heteroatoms. The van der Waals surface area contributed by atoms with Crippen LogP contribution in [0.2, 0.25) is 0 Å². The van der Waals surface area contributed by atoms with Gasteiger partial charge in [0.15, 0.2) is 5.75 Å². The molecule has 1 amide bonds. The summed E-state index contributed by atoms with van der Waals surface area (Å²) in [5, 5.41) is 0. The highest BCUT2D eigenvalue weighted by molar-refractivity contribution is 5.68. The summed E-state index contributed by atoms with van der Waals surface area (Å²) in [6.07, 6.45) is 4.50. The molecule has 5 nitrogen and oxygen atoms in total. The van der Waals surface area contributed by atoms with E-state index in [2.05, 4.69) is 0 Å². The molecule has 1 atom stereocenters. The number of carbonyl (C=O) groups is 1. The van der Waals surface area contributed by atoms with Gasteiger partial charge in [0.2, 0.25) is 0 Å². The van der Waals surface area contributed by atoms with Crippen LogP contribution in [0.4, 0.5) is 4.79 Å². The summed E-state index contributed by atoms with van der Waals surface area (Å²) in [5.41, 5.74) is 1.62. The predicted octanol–water partition coefficient (Wildman–Crippen LogP) is 4.17. The lowest BCUT2D eigenvalue weighted by Crippen LogP contribution is -2.39. The zero-order valence-electron chi connectivity index (χ0n) is 14.5. The van der Waals surface area contributed by atoms with E-state index in [1.807, 2.05) is 58.0 Å². The minimum Gasteiger partial charge on any atom is -0.444 e. The fourth-order valence-electron chi connectivity index (χ4n) is 2.10. The zero-order chi connectivity index (χ0) is 17.0. The average Bonchev–Trinajstić information content (AvgIpc) is 2.92. The van der Waals surface area contributed by atoms with Crippen LogP contribution in [0.25, 0.3) is 6.08 Å². The minimum atomic E-state index is -0.479. The fraction of sp³-hybridized carbons (Fsp3) is 0.500. The lowest BCUT2D eigenvalue weighted by molar-refractivity contribution is -0.194. The highest BCUT2D eigenvalue weighted by atomic mass is 17.2. The Labute approximate surface area is 137 Å². The molecule has 0 spiro atoms. The van der Waals surface area contributed by atoms with E-state index in [1.54, 1.807) is 11.9 Å². The van der Waals surface area contributed by atoms with Gasteiger partial charge in [-0.2, -0.15) is 4.89 Å². The molecule has 1 aromatic carbocycles. The predicted molar refractivity (Wildman–Crippen MR) is 89.0 cm³/mol. The van der Waals surface area contributed by atoms with Gasteiger partial charge in [-0.25, -0.2) is 4.79 Å². The molecule has 0 N–H and O–H groups in total. The first kappa shape index (κ1) is 17.3. The third-order valence-electron chi connectivity index (χ3n) is 3.58. The number of benzene rings is 1. The van der Waals surface area contributed by atoms with Gasteiger partial charge in [-0.3, -0.25) is 0 Å². The van der Waals surface area contributed by atoms with E-state index in [0.29, 0.717) is 6.61 Å². The van der Waals surface area contributed by atoms with Crippen LogP contribution in [0.1, 0.15) is 45.2 Å². The van der Waals surface area contributed by atoms with Crippen molar-refractivity contribution in [2.45, 2.75) is 52.4 Å². The molecule has 0 radical (unpaired) electrons. The molecule has 0 aliphatic carbocycles. The van der Waals surface area contributed by atoms with Crippen LogP contribution in [-0.2, 0) is 16.2 Å². The number of nitrogens with zero attached hydrogens (tertiary/aromatic N) is 1. The normalized spacial score (nSPS) is 15.2. The fourth-order valence-corrected chi connectivity index (χ4v) is 2.10. The standard InChI is InChI=1S/C18H25NO4/c1-13(19(5)17(20)22-18(2,3)4)7-6-8-14-9-10-15-12-21-23-16(15)11-14/h6,8-11,13H,7,12H2,1-5H3/b8-6+. The van der Waals surface area contributed by atoms with Crippen LogP contribution in [0, 0.1) is 0 Å². The number of hydrogen-bond acceptors (Lipinski definition) is 4. The van der Waals surface area contributed by atoms with Crippen LogP contribution < -0.4 is 4.89 Å². The van der Waals surface area contributed by atoms with Gasteiger partial charge < -0.3 is 14.5 Å². The molecule has 1 aliphatic heterocycles. The maximum Gasteiger partial charge on any atom is 0.410 e. The monoisotopic (exact) mass is 319 g/mol. The highest BCUT2D eigenvalue weighted by Crippen LogP contribution is 2.27. The largest absolute Gasteiger partial charge is 0.444 e. The van der Waals surface area contributed by atoms with E-state index < -0.39 is 5.60 Å². The number of ether oxygens (including phenoxy) is 1. The summed E-state index contributed by atoms with van der Waals surface area (Å²) >= 11 is 0. The number of carbonyl (C=O) groups excluding carboxylic acids is 1. The molecule has 126 valence electrons. The highest BCUT2D eigenvalue weighted by Gasteiger charge is 2.22. The molecule has 1 heterocycles. The van der Waals surface area contributed by atoms with Crippen LogP contribution in [-0.4, -0.2) is 29.7 Å². The molecule has 0 bridgehead atoms. The second kappa shape index (κ2) is 7.04.